The van der Waals surface area contributed by atoms with Crippen LogP contribution in [0.25, 0.3) is 0 Å². The van der Waals surface area contributed by atoms with Crippen molar-refractivity contribution in [3.8, 4) is 0 Å². The second-order valence-corrected chi connectivity index (χ2v) is 33.9. The Kier molecular flexibility index (Phi) is 29.1. The molecule has 600 valence electrons. The molecule has 24 heteroatoms. The molecule has 16 nitrogen and oxygen atoms in total. The minimum absolute atomic E-state index is 0.140. The third kappa shape index (κ3) is 21.6. The number of aromatic nitrogens is 8. The first kappa shape index (κ1) is 84.7. The number of aromatic amines is 8. The van der Waals surface area contributed by atoms with Gasteiger partial charge in [-0.05, 0) is 243 Å². The summed E-state index contributed by atoms with van der Waals surface area (Å²) in [7, 11) is 0. The van der Waals surface area contributed by atoms with E-state index in [0.717, 1.165) is 142 Å². The SMILES string of the molecule is O=c1[nH]c(C2CCC(c3ccccc3)CC2)c(Cc2c(Cl)cccc2Cl)c(=O)[nH]1.O=c1[nH]c(C2CCC(c3ccccc3)CC2)c(Cc2cc(Cl)ccc2Cl)c(=O)[nH]1.O=c1[nH]c(C2CCC(c3ccccc3)CC2)c(Cc2ccc(Cl)cc2Cl)c(=O)[nH]1.O=c1[nH]c(C2CCC(c3ccccc3)CC2)c(Cc2cccc(Cl)c2Cl)c(=O)[nH]1. The van der Waals surface area contributed by atoms with E-state index in [9.17, 15) is 38.4 Å². The average Bonchev–Trinajstić information content (AvgIpc) is 0.805. The van der Waals surface area contributed by atoms with Gasteiger partial charge in [0.25, 0.3) is 22.2 Å². The fourth-order valence-corrected chi connectivity index (χ4v) is 19.2. The van der Waals surface area contributed by atoms with Crippen LogP contribution in [0.3, 0.4) is 0 Å². The lowest BCUT2D eigenvalue weighted by atomic mass is 9.76. The van der Waals surface area contributed by atoms with E-state index in [1.165, 1.54) is 22.3 Å². The Balaban J connectivity index is 0.000000135. The van der Waals surface area contributed by atoms with Crippen LogP contribution in [-0.4, -0.2) is 39.9 Å². The quantitative estimate of drug-likeness (QED) is 0.0460. The minimum Gasteiger partial charge on any atom is -0.311 e. The van der Waals surface area contributed by atoms with Crippen LogP contribution in [0.4, 0.5) is 0 Å². The van der Waals surface area contributed by atoms with Crippen molar-refractivity contribution in [2.24, 2.45) is 0 Å². The second-order valence-electron chi connectivity index (χ2n) is 30.6. The molecule has 4 aliphatic carbocycles. The Hall–Kier alpha value is -9.20. The van der Waals surface area contributed by atoms with E-state index in [1.807, 2.05) is 42.5 Å². The molecule has 0 saturated heterocycles. The van der Waals surface area contributed by atoms with E-state index < -0.39 is 22.8 Å². The molecular weight excluding hydrogens is 1630 g/mol. The fourth-order valence-electron chi connectivity index (χ4n) is 17.5. The summed E-state index contributed by atoms with van der Waals surface area (Å²) >= 11 is 49.8. The van der Waals surface area contributed by atoms with Crippen LogP contribution < -0.4 is 45.0 Å². The molecule has 4 saturated carbocycles. The number of benzene rings is 8. The zero-order chi connectivity index (χ0) is 81.5. The van der Waals surface area contributed by atoms with Crippen molar-refractivity contribution in [1.29, 1.82) is 0 Å². The summed E-state index contributed by atoms with van der Waals surface area (Å²) in [4.78, 5) is 120. The predicted molar refractivity (Wildman–Crippen MR) is 469 cm³/mol. The van der Waals surface area contributed by atoms with Crippen molar-refractivity contribution in [1.82, 2.24) is 39.9 Å². The number of hydrogen-bond donors (Lipinski definition) is 8. The smallest absolute Gasteiger partial charge is 0.311 e. The zero-order valence-corrected chi connectivity index (χ0v) is 69.6. The van der Waals surface area contributed by atoms with Gasteiger partial charge in [-0.2, -0.15) is 0 Å². The molecule has 0 spiro atoms. The normalized spacial score (nSPS) is 19.2. The number of H-pyrrole nitrogens is 8. The van der Waals surface area contributed by atoms with Crippen LogP contribution in [0.1, 0.15) is 240 Å². The molecule has 4 fully saturated rings. The van der Waals surface area contributed by atoms with E-state index in [-0.39, 0.29) is 45.9 Å². The number of rotatable bonds is 16. The molecular formula is C92H88Cl8N8O8. The average molecular weight is 1720 g/mol. The lowest BCUT2D eigenvalue weighted by Crippen LogP contribution is -2.30. The Morgan fingerprint density at radius 2 is 0.509 bits per heavy atom. The van der Waals surface area contributed by atoms with Gasteiger partial charge in [-0.15, -0.1) is 0 Å². The molecule has 0 amide bonds. The maximum absolute atomic E-state index is 12.7. The van der Waals surface area contributed by atoms with Crippen molar-refractivity contribution >= 4 is 92.8 Å². The summed E-state index contributed by atoms with van der Waals surface area (Å²) in [5.41, 5.74) is 10.4. The van der Waals surface area contributed by atoms with Crippen molar-refractivity contribution in [3.05, 3.63) is 407 Å². The molecule has 0 radical (unpaired) electrons. The third-order valence-corrected chi connectivity index (χ3v) is 26.3. The van der Waals surface area contributed by atoms with Crippen molar-refractivity contribution in [3.63, 3.8) is 0 Å². The highest BCUT2D eigenvalue weighted by atomic mass is 35.5. The van der Waals surface area contributed by atoms with Crippen LogP contribution in [0.15, 0.2) is 232 Å². The van der Waals surface area contributed by atoms with Gasteiger partial charge in [0.1, 0.15) is 0 Å². The van der Waals surface area contributed by atoms with Gasteiger partial charge in [0.2, 0.25) is 0 Å². The summed E-state index contributed by atoms with van der Waals surface area (Å²) in [5, 5.41) is 4.11. The molecule has 0 bridgehead atoms. The third-order valence-electron chi connectivity index (χ3n) is 23.5. The van der Waals surface area contributed by atoms with Gasteiger partial charge < -0.3 is 19.9 Å². The zero-order valence-electron chi connectivity index (χ0n) is 63.5. The molecule has 12 aromatic rings. The van der Waals surface area contributed by atoms with Crippen molar-refractivity contribution < 1.29 is 0 Å². The monoisotopic (exact) mass is 1710 g/mol. The maximum Gasteiger partial charge on any atom is 0.325 e. The maximum atomic E-state index is 12.7. The van der Waals surface area contributed by atoms with Crippen LogP contribution in [-0.2, 0) is 25.7 Å². The Labute approximate surface area is 710 Å². The summed E-state index contributed by atoms with van der Waals surface area (Å²) in [6.45, 7) is 0. The van der Waals surface area contributed by atoms with Gasteiger partial charge >= 0.3 is 22.8 Å². The van der Waals surface area contributed by atoms with Gasteiger partial charge in [-0.25, -0.2) is 19.2 Å². The lowest BCUT2D eigenvalue weighted by Gasteiger charge is -2.29. The minimum atomic E-state index is -0.468. The molecule has 4 aromatic heterocycles. The summed E-state index contributed by atoms with van der Waals surface area (Å²) < 4.78 is 0. The van der Waals surface area contributed by atoms with Crippen LogP contribution in [0.5, 0.6) is 0 Å². The topological polar surface area (TPSA) is 263 Å². The first-order chi connectivity index (χ1) is 56.1. The van der Waals surface area contributed by atoms with Gasteiger partial charge in [-0.3, -0.25) is 39.1 Å². The van der Waals surface area contributed by atoms with Gasteiger partial charge in [0.05, 0.1) is 10.0 Å². The van der Waals surface area contributed by atoms with Crippen molar-refractivity contribution in [2.45, 2.75) is 176 Å². The molecule has 0 aliphatic heterocycles. The molecule has 0 atom stereocenters. The van der Waals surface area contributed by atoms with E-state index >= 15 is 0 Å². The van der Waals surface area contributed by atoms with Crippen molar-refractivity contribution in [2.75, 3.05) is 0 Å². The van der Waals surface area contributed by atoms with Gasteiger partial charge in [0.15, 0.2) is 0 Å². The van der Waals surface area contributed by atoms with E-state index in [1.54, 1.807) is 54.6 Å². The highest BCUT2D eigenvalue weighted by Gasteiger charge is 2.33. The molecule has 16 rings (SSSR count). The molecule has 116 heavy (non-hydrogen) atoms. The van der Waals surface area contributed by atoms with Gasteiger partial charge in [-0.1, -0.05) is 238 Å². The van der Waals surface area contributed by atoms with E-state index in [4.69, 9.17) is 92.8 Å². The number of halogens is 8. The second kappa shape index (κ2) is 39.8. The Morgan fingerprint density at radius 3 is 0.853 bits per heavy atom. The standard InChI is InChI=1S/4C23H22Cl2N2O2/c24-19-7-4-8-20(25)17(19)13-18-21(26-23(29)27-22(18)28)16-11-9-15(10-12-16)14-5-2-1-3-6-14;24-19-8-4-7-17(20(19)25)13-18-21(26-23(29)27-22(18)28)16-11-9-15(10-12-16)14-5-2-1-3-6-14;24-18-10-11-20(25)17(12-18)13-19-21(26-23(29)27-22(19)28)16-8-6-15(7-9-16)14-4-2-1-3-5-14;24-18-11-10-17(20(25)13-18)12-19-21(26-23(29)27-22(19)28)16-8-6-15(7-9-16)14-4-2-1-3-5-14/h2*1-8,15-16H,9-13H2,(H2,26,27,28,29);1-5,10-12,15-16H,6-9,13H2,(H2,26,27,28,29);1-5,10-11,13,15-16H,6-9,12H2,(H2,26,27,28,29). The first-order valence-corrected chi connectivity index (χ1v) is 42.4. The highest BCUT2D eigenvalue weighted by molar-refractivity contribution is 6.42. The fraction of sp³-hybridized carbons (Fsp3) is 0.304. The number of hydrogen-bond acceptors (Lipinski definition) is 8. The van der Waals surface area contributed by atoms with Crippen LogP contribution in [0.2, 0.25) is 40.2 Å². The highest BCUT2D eigenvalue weighted by Crippen LogP contribution is 2.46. The summed E-state index contributed by atoms with van der Waals surface area (Å²) in [6, 6.07) is 63.2. The van der Waals surface area contributed by atoms with E-state index in [0.29, 0.717) is 117 Å². The molecule has 8 N–H and O–H groups in total. The Morgan fingerprint density at radius 1 is 0.224 bits per heavy atom. The van der Waals surface area contributed by atoms with Gasteiger partial charge in [0, 0.05) is 101 Å². The predicted octanol–water partition coefficient (Wildman–Crippen LogP) is 21.6. The molecule has 4 aliphatic rings. The molecule has 4 heterocycles. The summed E-state index contributed by atoms with van der Waals surface area (Å²) in [6.07, 6.45) is 16.9. The van der Waals surface area contributed by atoms with Crippen LogP contribution >= 0.6 is 92.8 Å². The van der Waals surface area contributed by atoms with Crippen LogP contribution in [0, 0.1) is 0 Å². The number of nitrogens with one attached hydrogen (secondary N) is 8. The molecule has 8 aromatic carbocycles. The largest absolute Gasteiger partial charge is 0.325 e. The van der Waals surface area contributed by atoms with E-state index in [2.05, 4.69) is 137 Å². The first-order valence-electron chi connectivity index (χ1n) is 39.4. The Bertz CT molecular complexity index is 5750. The molecule has 0 unspecified atom stereocenters. The summed E-state index contributed by atoms with van der Waals surface area (Å²) in [5.74, 6) is 2.68. The lowest BCUT2D eigenvalue weighted by molar-refractivity contribution is 0.388.